The first-order valence-electron chi connectivity index (χ1n) is 6.34. The predicted molar refractivity (Wildman–Crippen MR) is 75.4 cm³/mol. The van der Waals surface area contributed by atoms with Gasteiger partial charge in [-0.3, -0.25) is 0 Å². The molecule has 0 aliphatic rings. The molecule has 21 heavy (non-hydrogen) atoms. The van der Waals surface area contributed by atoms with E-state index in [0.717, 1.165) is 28.8 Å². The van der Waals surface area contributed by atoms with Crippen molar-refractivity contribution in [2.75, 3.05) is 0 Å². The molecule has 2 aromatic rings. The first-order valence-corrected chi connectivity index (χ1v) is 6.34. The van der Waals surface area contributed by atoms with Crippen LogP contribution in [-0.2, 0) is 6.61 Å². The van der Waals surface area contributed by atoms with Gasteiger partial charge in [-0.15, -0.1) is 5.46 Å². The molecule has 0 aromatic heterocycles. The molecular weight excluding hydrogens is 303 g/mol. The Hall–Kier alpha value is -0.269. The summed E-state index contributed by atoms with van der Waals surface area (Å²) in [6.07, 6.45) is 0. The second-order valence-corrected chi connectivity index (χ2v) is 4.93. The SMILES string of the molecule is Cc1cc(C)cc(COc2ccc([B-](F)(F)F)cc2)c1.[K+]. The predicted octanol–water partition coefficient (Wildman–Crippen LogP) is 0.941. The zero-order chi connectivity index (χ0) is 14.8. The summed E-state index contributed by atoms with van der Waals surface area (Å²) in [4.78, 5) is 0. The molecular formula is C15H15BF3KO. The standard InChI is InChI=1S/C15H15BF3O.K/c1-11-7-12(2)9-13(8-11)10-20-15-5-3-14(4-6-15)16(17,18)19;/h3-9H,10H2,1-2H3;/q-1;+1. The van der Waals surface area contributed by atoms with Crippen LogP contribution >= 0.6 is 0 Å². The van der Waals surface area contributed by atoms with Crippen LogP contribution in [0.4, 0.5) is 12.9 Å². The normalized spacial score (nSPS) is 10.9. The van der Waals surface area contributed by atoms with E-state index in [1.807, 2.05) is 26.0 Å². The summed E-state index contributed by atoms with van der Waals surface area (Å²) in [5, 5.41) is 0. The van der Waals surface area contributed by atoms with Crippen LogP contribution in [0.25, 0.3) is 0 Å². The topological polar surface area (TPSA) is 9.23 Å². The molecule has 0 radical (unpaired) electrons. The Morgan fingerprint density at radius 3 is 1.90 bits per heavy atom. The van der Waals surface area contributed by atoms with Gasteiger partial charge in [0.25, 0.3) is 0 Å². The van der Waals surface area contributed by atoms with Crippen molar-refractivity contribution in [3.05, 3.63) is 59.2 Å². The fourth-order valence-corrected chi connectivity index (χ4v) is 2.10. The van der Waals surface area contributed by atoms with E-state index in [4.69, 9.17) is 4.74 Å². The van der Waals surface area contributed by atoms with E-state index in [0.29, 0.717) is 12.4 Å². The smallest absolute Gasteiger partial charge is 0.489 e. The van der Waals surface area contributed by atoms with Gasteiger partial charge in [-0.25, -0.2) is 0 Å². The Labute approximate surface area is 165 Å². The first kappa shape index (κ1) is 18.8. The number of hydrogen-bond acceptors (Lipinski definition) is 1. The summed E-state index contributed by atoms with van der Waals surface area (Å²) in [6, 6.07) is 10.9. The first-order chi connectivity index (χ1) is 9.34. The molecule has 0 saturated heterocycles. The molecule has 0 atom stereocenters. The minimum Gasteiger partial charge on any atom is -0.489 e. The average molecular weight is 318 g/mol. The van der Waals surface area contributed by atoms with Crippen molar-refractivity contribution in [2.24, 2.45) is 0 Å². The van der Waals surface area contributed by atoms with Gasteiger partial charge in [-0.05, 0) is 31.5 Å². The Morgan fingerprint density at radius 2 is 1.43 bits per heavy atom. The Kier molecular flexibility index (Phi) is 7.00. The van der Waals surface area contributed by atoms with Crippen molar-refractivity contribution in [3.63, 3.8) is 0 Å². The summed E-state index contributed by atoms with van der Waals surface area (Å²) >= 11 is 0. The second-order valence-electron chi connectivity index (χ2n) is 4.93. The molecule has 0 unspecified atom stereocenters. The molecule has 0 aliphatic carbocycles. The fourth-order valence-electron chi connectivity index (χ4n) is 2.10. The minimum absolute atomic E-state index is 0. The van der Waals surface area contributed by atoms with Gasteiger partial charge < -0.3 is 17.7 Å². The number of benzene rings is 2. The summed E-state index contributed by atoms with van der Waals surface area (Å²) in [7, 11) is 0. The molecule has 6 heteroatoms. The van der Waals surface area contributed by atoms with Gasteiger partial charge in [0, 0.05) is 0 Å². The van der Waals surface area contributed by atoms with Crippen LogP contribution in [0, 0.1) is 13.8 Å². The number of halogens is 3. The van der Waals surface area contributed by atoms with Crippen molar-refractivity contribution in [2.45, 2.75) is 20.5 Å². The van der Waals surface area contributed by atoms with Crippen LogP contribution in [0.2, 0.25) is 0 Å². The molecule has 0 amide bonds. The zero-order valence-corrected chi connectivity index (χ0v) is 15.5. The third kappa shape index (κ3) is 5.79. The van der Waals surface area contributed by atoms with Gasteiger partial charge in [-0.2, -0.15) is 0 Å². The van der Waals surface area contributed by atoms with Crippen LogP contribution in [0.15, 0.2) is 42.5 Å². The molecule has 2 rings (SSSR count). The largest absolute Gasteiger partial charge is 1.00 e. The maximum Gasteiger partial charge on any atom is 1.00 e. The quantitative estimate of drug-likeness (QED) is 0.763. The molecule has 0 aliphatic heterocycles. The van der Waals surface area contributed by atoms with Crippen LogP contribution in [0.5, 0.6) is 5.75 Å². The van der Waals surface area contributed by atoms with E-state index >= 15 is 0 Å². The van der Waals surface area contributed by atoms with E-state index in [1.54, 1.807) is 0 Å². The number of ether oxygens (including phenoxy) is 1. The maximum atomic E-state index is 12.5. The molecule has 0 heterocycles. The summed E-state index contributed by atoms with van der Waals surface area (Å²) < 4.78 is 43.0. The van der Waals surface area contributed by atoms with Crippen LogP contribution in [0.3, 0.4) is 0 Å². The van der Waals surface area contributed by atoms with Crippen molar-refractivity contribution in [1.29, 1.82) is 0 Å². The summed E-state index contributed by atoms with van der Waals surface area (Å²) in [5.41, 5.74) is 2.67. The third-order valence-corrected chi connectivity index (χ3v) is 2.95. The molecule has 0 N–H and O–H groups in total. The molecule has 0 bridgehead atoms. The van der Waals surface area contributed by atoms with Crippen molar-refractivity contribution < 1.29 is 69.1 Å². The van der Waals surface area contributed by atoms with E-state index in [-0.39, 0.29) is 51.4 Å². The van der Waals surface area contributed by atoms with Crippen LogP contribution in [0.1, 0.15) is 16.7 Å². The molecule has 0 spiro atoms. The maximum absolute atomic E-state index is 12.5. The minimum atomic E-state index is -4.94. The Bertz CT molecular complexity index is 577. The third-order valence-electron chi connectivity index (χ3n) is 2.95. The van der Waals surface area contributed by atoms with Gasteiger partial charge in [0.1, 0.15) is 12.4 Å². The number of aryl methyl sites for hydroxylation is 2. The van der Waals surface area contributed by atoms with Crippen molar-refractivity contribution in [1.82, 2.24) is 0 Å². The summed E-state index contributed by atoms with van der Waals surface area (Å²) in [5.74, 6) is 0.438. The van der Waals surface area contributed by atoms with E-state index < -0.39 is 12.4 Å². The monoisotopic (exact) mass is 318 g/mol. The van der Waals surface area contributed by atoms with Crippen LogP contribution < -0.4 is 61.6 Å². The van der Waals surface area contributed by atoms with Gasteiger partial charge in [0.05, 0.1) is 0 Å². The van der Waals surface area contributed by atoms with E-state index in [1.165, 1.54) is 12.1 Å². The van der Waals surface area contributed by atoms with Crippen molar-refractivity contribution >= 4 is 12.4 Å². The molecule has 0 saturated carbocycles. The van der Waals surface area contributed by atoms with Gasteiger partial charge in [-0.1, -0.05) is 41.5 Å². The fraction of sp³-hybridized carbons (Fsp3) is 0.200. The van der Waals surface area contributed by atoms with Gasteiger partial charge in [0.15, 0.2) is 0 Å². The molecule has 2 aromatic carbocycles. The van der Waals surface area contributed by atoms with E-state index in [2.05, 4.69) is 6.07 Å². The Morgan fingerprint density at radius 1 is 0.905 bits per heavy atom. The average Bonchev–Trinajstić information content (AvgIpc) is 2.35. The zero-order valence-electron chi connectivity index (χ0n) is 12.4. The second kappa shape index (κ2) is 7.83. The number of hydrogen-bond donors (Lipinski definition) is 0. The van der Waals surface area contributed by atoms with Crippen LogP contribution in [-0.4, -0.2) is 6.98 Å². The van der Waals surface area contributed by atoms with Gasteiger partial charge in [0.2, 0.25) is 0 Å². The van der Waals surface area contributed by atoms with Crippen molar-refractivity contribution in [3.8, 4) is 5.75 Å². The summed E-state index contributed by atoms with van der Waals surface area (Å²) in [6.45, 7) is -0.604. The molecule has 0 fully saturated rings. The molecule has 1 nitrogen and oxygen atoms in total. The van der Waals surface area contributed by atoms with Gasteiger partial charge >= 0.3 is 58.4 Å². The Balaban J connectivity index is 0.00000220. The molecule has 106 valence electrons. The number of rotatable bonds is 4. The van der Waals surface area contributed by atoms with E-state index in [9.17, 15) is 12.9 Å².